The largest absolute Gasteiger partial charge is 0.138 e. The molecule has 74 valence electrons. The molecule has 0 N–H and O–H groups in total. The Kier molecular flexibility index (Phi) is 2.74. The molecule has 14 heavy (non-hydrogen) atoms. The van der Waals surface area contributed by atoms with E-state index in [2.05, 4.69) is 19.9 Å². The van der Waals surface area contributed by atoms with Crippen LogP contribution in [0.2, 0.25) is 10.0 Å². The molecule has 0 aliphatic carbocycles. The van der Waals surface area contributed by atoms with Gasteiger partial charge in [0.05, 0.1) is 10.0 Å². The summed E-state index contributed by atoms with van der Waals surface area (Å²) < 4.78 is 1.17. The Hall–Kier alpha value is -0.240. The number of thiophene rings is 1. The van der Waals surface area contributed by atoms with E-state index in [1.807, 2.05) is 12.1 Å². The SMILES string of the molecule is CC(C)c1sc2cccc(Cl)c2c1Cl. The summed E-state index contributed by atoms with van der Waals surface area (Å²) in [6.45, 7) is 4.29. The third-order valence-corrected chi connectivity index (χ3v) is 4.43. The van der Waals surface area contributed by atoms with Gasteiger partial charge in [0.2, 0.25) is 0 Å². The van der Waals surface area contributed by atoms with E-state index in [9.17, 15) is 0 Å². The van der Waals surface area contributed by atoms with Crippen molar-refractivity contribution in [3.05, 3.63) is 33.1 Å². The first-order valence-electron chi connectivity index (χ1n) is 4.47. The second-order valence-electron chi connectivity index (χ2n) is 3.55. The third-order valence-electron chi connectivity index (χ3n) is 2.16. The Bertz CT molecular complexity index is 471. The van der Waals surface area contributed by atoms with Gasteiger partial charge in [0.15, 0.2) is 0 Å². The summed E-state index contributed by atoms with van der Waals surface area (Å²) in [6.07, 6.45) is 0. The minimum Gasteiger partial charge on any atom is -0.138 e. The molecule has 0 atom stereocenters. The summed E-state index contributed by atoms with van der Waals surface area (Å²) in [5, 5.41) is 2.57. The number of hydrogen-bond acceptors (Lipinski definition) is 1. The van der Waals surface area contributed by atoms with Gasteiger partial charge in [-0.1, -0.05) is 43.1 Å². The van der Waals surface area contributed by atoms with Gasteiger partial charge in [0.1, 0.15) is 0 Å². The van der Waals surface area contributed by atoms with Crippen LogP contribution in [0.3, 0.4) is 0 Å². The summed E-state index contributed by atoms with van der Waals surface area (Å²) in [6, 6.07) is 5.90. The van der Waals surface area contributed by atoms with E-state index in [0.29, 0.717) is 5.92 Å². The fraction of sp³-hybridized carbons (Fsp3) is 0.273. The highest BCUT2D eigenvalue weighted by molar-refractivity contribution is 7.20. The first-order valence-corrected chi connectivity index (χ1v) is 6.05. The van der Waals surface area contributed by atoms with Gasteiger partial charge in [-0.2, -0.15) is 0 Å². The van der Waals surface area contributed by atoms with Crippen LogP contribution in [-0.2, 0) is 0 Å². The lowest BCUT2D eigenvalue weighted by molar-refractivity contribution is 0.891. The van der Waals surface area contributed by atoms with Crippen LogP contribution in [0.4, 0.5) is 0 Å². The van der Waals surface area contributed by atoms with Crippen LogP contribution in [0.1, 0.15) is 24.6 Å². The molecular formula is C11H10Cl2S. The van der Waals surface area contributed by atoms with Crippen molar-refractivity contribution >= 4 is 44.6 Å². The molecule has 0 bridgehead atoms. The summed E-state index contributed by atoms with van der Waals surface area (Å²) in [5.41, 5.74) is 0. The number of hydrogen-bond donors (Lipinski definition) is 0. The van der Waals surface area contributed by atoms with Crippen molar-refractivity contribution < 1.29 is 0 Å². The minimum atomic E-state index is 0.455. The van der Waals surface area contributed by atoms with Gasteiger partial charge >= 0.3 is 0 Å². The molecule has 0 spiro atoms. The highest BCUT2D eigenvalue weighted by Crippen LogP contribution is 2.42. The Morgan fingerprint density at radius 2 is 1.93 bits per heavy atom. The molecule has 1 aromatic heterocycles. The summed E-state index contributed by atoms with van der Waals surface area (Å²) >= 11 is 14.1. The lowest BCUT2D eigenvalue weighted by Gasteiger charge is -2.00. The van der Waals surface area contributed by atoms with Crippen molar-refractivity contribution in [3.63, 3.8) is 0 Å². The molecule has 3 heteroatoms. The van der Waals surface area contributed by atoms with Crippen LogP contribution in [0.15, 0.2) is 18.2 Å². The predicted molar refractivity (Wildman–Crippen MR) is 65.9 cm³/mol. The molecule has 0 radical (unpaired) electrons. The molecule has 2 rings (SSSR count). The zero-order chi connectivity index (χ0) is 10.3. The van der Waals surface area contributed by atoms with Gasteiger partial charge in [-0.3, -0.25) is 0 Å². The normalized spacial score (nSPS) is 11.5. The van der Waals surface area contributed by atoms with E-state index < -0.39 is 0 Å². The van der Waals surface area contributed by atoms with E-state index in [4.69, 9.17) is 23.2 Å². The Morgan fingerprint density at radius 3 is 2.50 bits per heavy atom. The average molecular weight is 245 g/mol. The number of rotatable bonds is 1. The molecule has 0 fully saturated rings. The maximum atomic E-state index is 6.28. The Balaban J connectivity index is 2.81. The summed E-state index contributed by atoms with van der Waals surface area (Å²) in [4.78, 5) is 1.22. The van der Waals surface area contributed by atoms with E-state index >= 15 is 0 Å². The first kappa shape index (κ1) is 10.3. The van der Waals surface area contributed by atoms with E-state index in [1.165, 1.54) is 9.58 Å². The summed E-state index contributed by atoms with van der Waals surface area (Å²) in [7, 11) is 0. The van der Waals surface area contributed by atoms with Crippen LogP contribution < -0.4 is 0 Å². The molecule has 1 heterocycles. The molecule has 0 unspecified atom stereocenters. The average Bonchev–Trinajstić information content (AvgIpc) is 2.45. The quantitative estimate of drug-likeness (QED) is 0.636. The van der Waals surface area contributed by atoms with Crippen LogP contribution in [0.5, 0.6) is 0 Å². The van der Waals surface area contributed by atoms with Crippen molar-refractivity contribution in [1.82, 2.24) is 0 Å². The smallest absolute Gasteiger partial charge is 0.0641 e. The maximum absolute atomic E-state index is 6.28. The molecule has 0 amide bonds. The standard InChI is InChI=1S/C11H10Cl2S/c1-6(2)11-10(13)9-7(12)4-3-5-8(9)14-11/h3-6H,1-2H3. The summed E-state index contributed by atoms with van der Waals surface area (Å²) in [5.74, 6) is 0.455. The molecule has 0 aliphatic rings. The monoisotopic (exact) mass is 244 g/mol. The molecular weight excluding hydrogens is 235 g/mol. The van der Waals surface area contributed by atoms with Crippen molar-refractivity contribution in [3.8, 4) is 0 Å². The van der Waals surface area contributed by atoms with Gasteiger partial charge in [0.25, 0.3) is 0 Å². The second-order valence-corrected chi connectivity index (χ2v) is 5.42. The Morgan fingerprint density at radius 1 is 1.21 bits per heavy atom. The lowest BCUT2D eigenvalue weighted by atomic mass is 10.1. The lowest BCUT2D eigenvalue weighted by Crippen LogP contribution is -1.80. The fourth-order valence-electron chi connectivity index (χ4n) is 1.46. The molecule has 0 aliphatic heterocycles. The van der Waals surface area contributed by atoms with E-state index in [0.717, 1.165) is 15.4 Å². The van der Waals surface area contributed by atoms with Crippen molar-refractivity contribution in [2.75, 3.05) is 0 Å². The van der Waals surface area contributed by atoms with E-state index in [-0.39, 0.29) is 0 Å². The maximum Gasteiger partial charge on any atom is 0.0641 e. The topological polar surface area (TPSA) is 0 Å². The van der Waals surface area contributed by atoms with Crippen LogP contribution in [0, 0.1) is 0 Å². The molecule has 1 aromatic carbocycles. The third kappa shape index (κ3) is 1.54. The highest BCUT2D eigenvalue weighted by atomic mass is 35.5. The molecule has 0 nitrogen and oxygen atoms in total. The fourth-order valence-corrected chi connectivity index (χ4v) is 3.55. The van der Waals surface area contributed by atoms with Crippen molar-refractivity contribution in [1.29, 1.82) is 0 Å². The molecule has 2 aromatic rings. The van der Waals surface area contributed by atoms with E-state index in [1.54, 1.807) is 11.3 Å². The van der Waals surface area contributed by atoms with Crippen molar-refractivity contribution in [2.24, 2.45) is 0 Å². The predicted octanol–water partition coefficient (Wildman–Crippen LogP) is 5.33. The molecule has 0 saturated heterocycles. The van der Waals surface area contributed by atoms with Crippen LogP contribution >= 0.6 is 34.5 Å². The number of benzene rings is 1. The van der Waals surface area contributed by atoms with Crippen LogP contribution in [0.25, 0.3) is 10.1 Å². The van der Waals surface area contributed by atoms with Crippen LogP contribution in [-0.4, -0.2) is 0 Å². The Labute approximate surface area is 97.5 Å². The first-order chi connectivity index (χ1) is 6.61. The highest BCUT2D eigenvalue weighted by Gasteiger charge is 2.14. The minimum absolute atomic E-state index is 0.455. The van der Waals surface area contributed by atoms with Gasteiger partial charge in [-0.15, -0.1) is 11.3 Å². The van der Waals surface area contributed by atoms with Gasteiger partial charge in [0, 0.05) is 15.0 Å². The van der Waals surface area contributed by atoms with Gasteiger partial charge in [-0.25, -0.2) is 0 Å². The van der Waals surface area contributed by atoms with Gasteiger partial charge in [-0.05, 0) is 18.1 Å². The molecule has 0 saturated carbocycles. The number of halogens is 2. The number of fused-ring (bicyclic) bond motifs is 1. The zero-order valence-electron chi connectivity index (χ0n) is 7.97. The second kappa shape index (κ2) is 3.73. The van der Waals surface area contributed by atoms with Gasteiger partial charge < -0.3 is 0 Å². The van der Waals surface area contributed by atoms with Crippen molar-refractivity contribution in [2.45, 2.75) is 19.8 Å². The zero-order valence-corrected chi connectivity index (χ0v) is 10.3.